The number of aromatic hydroxyl groups is 1. The van der Waals surface area contributed by atoms with Crippen molar-refractivity contribution in [1.29, 1.82) is 0 Å². The fourth-order valence-corrected chi connectivity index (χ4v) is 2.44. The first-order valence-corrected chi connectivity index (χ1v) is 9.37. The van der Waals surface area contributed by atoms with Crippen LogP contribution < -0.4 is 10.5 Å². The monoisotopic (exact) mass is 497 g/mol. The summed E-state index contributed by atoms with van der Waals surface area (Å²) in [5.41, 5.74) is 6.40. The minimum absolute atomic E-state index is 0.176. The zero-order chi connectivity index (χ0) is 19.9. The van der Waals surface area contributed by atoms with Crippen molar-refractivity contribution in [2.45, 2.75) is 12.5 Å². The van der Waals surface area contributed by atoms with Crippen molar-refractivity contribution >= 4 is 39.0 Å². The van der Waals surface area contributed by atoms with Crippen molar-refractivity contribution < 1.29 is 37.3 Å². The number of carboxylic acids is 1. The SMILES string of the molecule is NC(Cc1ccc(Oc2ccc(O)cc2)cc1I)C(=O)O.O=S(=O)(O)O. The van der Waals surface area contributed by atoms with Gasteiger partial charge in [-0.1, -0.05) is 6.07 Å². The second kappa shape index (κ2) is 9.68. The Kier molecular flexibility index (Phi) is 8.23. The lowest BCUT2D eigenvalue weighted by molar-refractivity contribution is -0.138. The average Bonchev–Trinajstić information content (AvgIpc) is 2.50. The quantitative estimate of drug-likeness (QED) is 0.307. The zero-order valence-corrected chi connectivity index (χ0v) is 16.1. The van der Waals surface area contributed by atoms with Crippen molar-refractivity contribution in [3.05, 3.63) is 51.6 Å². The van der Waals surface area contributed by atoms with Crippen LogP contribution in [0.25, 0.3) is 0 Å². The molecular formula is C15H16INO8S. The maximum absolute atomic E-state index is 10.8. The van der Waals surface area contributed by atoms with Crippen LogP contribution in [-0.2, 0) is 21.6 Å². The summed E-state index contributed by atoms with van der Waals surface area (Å²) < 4.78 is 38.1. The lowest BCUT2D eigenvalue weighted by Crippen LogP contribution is -2.32. The van der Waals surface area contributed by atoms with Crippen molar-refractivity contribution in [3.8, 4) is 17.2 Å². The van der Waals surface area contributed by atoms with Gasteiger partial charge in [0.1, 0.15) is 23.3 Å². The summed E-state index contributed by atoms with van der Waals surface area (Å²) in [4.78, 5) is 10.8. The van der Waals surface area contributed by atoms with Crippen LogP contribution >= 0.6 is 22.6 Å². The number of carboxylic acid groups (broad SMARTS) is 1. The van der Waals surface area contributed by atoms with E-state index in [0.717, 1.165) is 9.13 Å². The summed E-state index contributed by atoms with van der Waals surface area (Å²) in [5.74, 6) is 0.404. The number of ether oxygens (including phenoxy) is 1. The lowest BCUT2D eigenvalue weighted by Gasteiger charge is -2.11. The Bertz CT molecular complexity index is 846. The molecule has 0 saturated carbocycles. The Morgan fingerprint density at radius 1 is 1.12 bits per heavy atom. The Morgan fingerprint density at radius 3 is 2.08 bits per heavy atom. The van der Waals surface area contributed by atoms with Gasteiger partial charge in [0.05, 0.1) is 0 Å². The van der Waals surface area contributed by atoms with Crippen LogP contribution in [0.5, 0.6) is 17.2 Å². The summed E-state index contributed by atoms with van der Waals surface area (Å²) >= 11 is 2.12. The standard InChI is InChI=1S/C15H14INO4.H2O4S/c16-13-8-12(21-11-5-2-10(18)3-6-11)4-1-9(13)7-14(17)15(19)20;1-5(2,3)4/h1-6,8,14,18H,7,17H2,(H,19,20);(H2,1,2,3,4). The van der Waals surface area contributed by atoms with Crippen LogP contribution in [0, 0.1) is 3.57 Å². The minimum atomic E-state index is -4.67. The molecule has 26 heavy (non-hydrogen) atoms. The molecule has 142 valence electrons. The first-order chi connectivity index (χ1) is 12.0. The third-order valence-electron chi connectivity index (χ3n) is 2.85. The molecule has 0 heterocycles. The number of nitrogens with two attached hydrogens (primary N) is 1. The van der Waals surface area contributed by atoms with E-state index in [9.17, 15) is 9.90 Å². The van der Waals surface area contributed by atoms with Crippen LogP contribution in [0.4, 0.5) is 0 Å². The maximum atomic E-state index is 10.8. The number of halogens is 1. The van der Waals surface area contributed by atoms with Gasteiger partial charge in [-0.25, -0.2) is 0 Å². The highest BCUT2D eigenvalue weighted by Crippen LogP contribution is 2.26. The van der Waals surface area contributed by atoms with Crippen molar-refractivity contribution in [1.82, 2.24) is 0 Å². The summed E-state index contributed by atoms with van der Waals surface area (Å²) in [7, 11) is -4.67. The van der Waals surface area contributed by atoms with Gasteiger partial charge in [0.15, 0.2) is 0 Å². The molecule has 0 fully saturated rings. The molecule has 0 aromatic heterocycles. The number of rotatable bonds is 5. The van der Waals surface area contributed by atoms with Gasteiger partial charge in [-0.15, -0.1) is 0 Å². The van der Waals surface area contributed by atoms with Gasteiger partial charge < -0.3 is 20.7 Å². The van der Waals surface area contributed by atoms with Crippen molar-refractivity contribution in [2.75, 3.05) is 0 Å². The maximum Gasteiger partial charge on any atom is 0.394 e. The molecule has 1 atom stereocenters. The van der Waals surface area contributed by atoms with E-state index in [2.05, 4.69) is 22.6 Å². The molecule has 2 aromatic rings. The van der Waals surface area contributed by atoms with Crippen LogP contribution in [0.2, 0.25) is 0 Å². The summed E-state index contributed by atoms with van der Waals surface area (Å²) in [5, 5.41) is 18.0. The van der Waals surface area contributed by atoms with E-state index in [1.807, 2.05) is 6.07 Å². The predicted octanol–water partition coefficient (Wildman–Crippen LogP) is 2.09. The number of hydrogen-bond acceptors (Lipinski definition) is 6. The second-order valence-electron chi connectivity index (χ2n) is 4.95. The topological polar surface area (TPSA) is 167 Å². The summed E-state index contributed by atoms with van der Waals surface area (Å²) in [6.45, 7) is 0. The van der Waals surface area contributed by atoms with Gasteiger partial charge in [0.25, 0.3) is 0 Å². The van der Waals surface area contributed by atoms with Crippen LogP contribution in [-0.4, -0.2) is 39.7 Å². The van der Waals surface area contributed by atoms with E-state index in [4.69, 9.17) is 33.1 Å². The third-order valence-corrected chi connectivity index (χ3v) is 3.86. The molecule has 0 aliphatic rings. The predicted molar refractivity (Wildman–Crippen MR) is 101 cm³/mol. The number of carbonyl (C=O) groups is 1. The molecule has 0 amide bonds. The van der Waals surface area contributed by atoms with Crippen molar-refractivity contribution in [2.24, 2.45) is 5.73 Å². The number of aliphatic carboxylic acids is 1. The molecule has 0 radical (unpaired) electrons. The highest BCUT2D eigenvalue weighted by molar-refractivity contribution is 14.1. The minimum Gasteiger partial charge on any atom is -0.508 e. The van der Waals surface area contributed by atoms with Gasteiger partial charge in [-0.3, -0.25) is 13.9 Å². The van der Waals surface area contributed by atoms with E-state index in [1.165, 1.54) is 0 Å². The molecule has 0 aliphatic carbocycles. The largest absolute Gasteiger partial charge is 0.508 e. The van der Waals surface area contributed by atoms with E-state index < -0.39 is 22.4 Å². The van der Waals surface area contributed by atoms with E-state index in [-0.39, 0.29) is 12.2 Å². The Hall–Kier alpha value is -1.93. The van der Waals surface area contributed by atoms with Gasteiger partial charge >= 0.3 is 16.4 Å². The number of benzene rings is 2. The van der Waals surface area contributed by atoms with Crippen LogP contribution in [0.3, 0.4) is 0 Å². The summed E-state index contributed by atoms with van der Waals surface area (Å²) in [6, 6.07) is 10.9. The normalized spacial score (nSPS) is 11.8. The molecular weight excluding hydrogens is 481 g/mol. The Balaban J connectivity index is 0.000000597. The van der Waals surface area contributed by atoms with Gasteiger partial charge in [-0.2, -0.15) is 8.42 Å². The highest BCUT2D eigenvalue weighted by Gasteiger charge is 2.14. The van der Waals surface area contributed by atoms with Crippen LogP contribution in [0.1, 0.15) is 5.56 Å². The molecule has 0 saturated heterocycles. The molecule has 11 heteroatoms. The molecule has 1 unspecified atom stereocenters. The van der Waals surface area contributed by atoms with Crippen molar-refractivity contribution in [3.63, 3.8) is 0 Å². The van der Waals surface area contributed by atoms with E-state index in [0.29, 0.717) is 11.5 Å². The first-order valence-electron chi connectivity index (χ1n) is 6.89. The number of phenolic OH excluding ortho intramolecular Hbond substituents is 1. The molecule has 0 spiro atoms. The Morgan fingerprint density at radius 2 is 1.62 bits per heavy atom. The van der Waals surface area contributed by atoms with Gasteiger partial charge in [0, 0.05) is 3.57 Å². The third kappa shape index (κ3) is 8.96. The number of phenols is 1. The molecule has 0 aliphatic heterocycles. The van der Waals surface area contributed by atoms with E-state index >= 15 is 0 Å². The highest BCUT2D eigenvalue weighted by atomic mass is 127. The van der Waals surface area contributed by atoms with Crippen LogP contribution in [0.15, 0.2) is 42.5 Å². The zero-order valence-electron chi connectivity index (χ0n) is 13.1. The fourth-order valence-electron chi connectivity index (χ4n) is 1.73. The van der Waals surface area contributed by atoms with Gasteiger partial charge in [-0.05, 0) is 71.0 Å². The second-order valence-corrected chi connectivity index (χ2v) is 7.00. The van der Waals surface area contributed by atoms with E-state index in [1.54, 1.807) is 36.4 Å². The molecule has 6 N–H and O–H groups in total. The summed E-state index contributed by atoms with van der Waals surface area (Å²) in [6.07, 6.45) is 0.271. The number of hydrogen-bond donors (Lipinski definition) is 5. The smallest absolute Gasteiger partial charge is 0.394 e. The fraction of sp³-hybridized carbons (Fsp3) is 0.133. The molecule has 2 rings (SSSR count). The Labute approximate surface area is 163 Å². The molecule has 9 nitrogen and oxygen atoms in total. The molecule has 0 bridgehead atoms. The first kappa shape index (κ1) is 22.1. The average molecular weight is 497 g/mol. The molecule has 2 aromatic carbocycles. The lowest BCUT2D eigenvalue weighted by atomic mass is 10.1. The van der Waals surface area contributed by atoms with Gasteiger partial charge in [0.2, 0.25) is 0 Å².